The molecule has 0 heterocycles. The van der Waals surface area contributed by atoms with Gasteiger partial charge in [0, 0.05) is 7.11 Å². The van der Waals surface area contributed by atoms with Crippen LogP contribution in [-0.2, 0) is 22.5 Å². The van der Waals surface area contributed by atoms with Crippen molar-refractivity contribution in [2.45, 2.75) is 33.2 Å². The molecule has 0 fully saturated rings. The van der Waals surface area contributed by atoms with Gasteiger partial charge < -0.3 is 9.47 Å². The van der Waals surface area contributed by atoms with E-state index in [2.05, 4.69) is 31.2 Å². The van der Waals surface area contributed by atoms with Crippen molar-refractivity contribution in [1.82, 2.24) is 0 Å². The molecular weight excluding hydrogens is 176 g/mol. The van der Waals surface area contributed by atoms with Gasteiger partial charge in [-0.3, -0.25) is 0 Å². The highest BCUT2D eigenvalue weighted by molar-refractivity contribution is 5.21. The SMILES string of the molecule is CCc1ccc(COC(C)OC)cc1. The van der Waals surface area contributed by atoms with E-state index in [0.29, 0.717) is 6.61 Å². The van der Waals surface area contributed by atoms with Gasteiger partial charge in [-0.2, -0.15) is 0 Å². The van der Waals surface area contributed by atoms with E-state index >= 15 is 0 Å². The second kappa shape index (κ2) is 5.78. The Morgan fingerprint density at radius 2 is 1.71 bits per heavy atom. The second-order valence-corrected chi connectivity index (χ2v) is 3.28. The first-order valence-corrected chi connectivity index (χ1v) is 4.98. The summed E-state index contributed by atoms with van der Waals surface area (Å²) >= 11 is 0. The molecule has 1 aromatic rings. The minimum Gasteiger partial charge on any atom is -0.356 e. The molecule has 78 valence electrons. The lowest BCUT2D eigenvalue weighted by Gasteiger charge is -2.10. The van der Waals surface area contributed by atoms with Crippen molar-refractivity contribution in [2.24, 2.45) is 0 Å². The topological polar surface area (TPSA) is 18.5 Å². The number of benzene rings is 1. The molecule has 0 bridgehead atoms. The predicted molar refractivity (Wildman–Crippen MR) is 57.1 cm³/mol. The quantitative estimate of drug-likeness (QED) is 0.671. The van der Waals surface area contributed by atoms with Crippen LogP contribution in [0.5, 0.6) is 0 Å². The summed E-state index contributed by atoms with van der Waals surface area (Å²) in [5, 5.41) is 0. The first-order chi connectivity index (χ1) is 6.76. The van der Waals surface area contributed by atoms with Crippen molar-refractivity contribution in [3.8, 4) is 0 Å². The Morgan fingerprint density at radius 3 is 2.21 bits per heavy atom. The van der Waals surface area contributed by atoms with Crippen LogP contribution in [0.1, 0.15) is 25.0 Å². The van der Waals surface area contributed by atoms with Gasteiger partial charge in [0.05, 0.1) is 6.61 Å². The Kier molecular flexibility index (Phi) is 4.63. The molecule has 1 atom stereocenters. The normalized spacial score (nSPS) is 12.8. The van der Waals surface area contributed by atoms with Crippen LogP contribution in [0.2, 0.25) is 0 Å². The fourth-order valence-electron chi connectivity index (χ4n) is 1.15. The third-order valence-electron chi connectivity index (χ3n) is 2.25. The lowest BCUT2D eigenvalue weighted by Crippen LogP contribution is -2.09. The highest BCUT2D eigenvalue weighted by atomic mass is 16.7. The van der Waals surface area contributed by atoms with Crippen LogP contribution < -0.4 is 0 Å². The Balaban J connectivity index is 2.43. The zero-order chi connectivity index (χ0) is 10.4. The number of rotatable bonds is 5. The third-order valence-corrected chi connectivity index (χ3v) is 2.25. The van der Waals surface area contributed by atoms with Crippen LogP contribution in [0.4, 0.5) is 0 Å². The maximum absolute atomic E-state index is 5.43. The van der Waals surface area contributed by atoms with Gasteiger partial charge in [0.1, 0.15) is 0 Å². The number of ether oxygens (including phenoxy) is 2. The highest BCUT2D eigenvalue weighted by Gasteiger charge is 1.99. The minimum atomic E-state index is -0.138. The van der Waals surface area contributed by atoms with Gasteiger partial charge >= 0.3 is 0 Å². The van der Waals surface area contributed by atoms with E-state index in [9.17, 15) is 0 Å². The minimum absolute atomic E-state index is 0.138. The average molecular weight is 194 g/mol. The molecule has 2 nitrogen and oxygen atoms in total. The predicted octanol–water partition coefficient (Wildman–Crippen LogP) is 2.76. The van der Waals surface area contributed by atoms with Gasteiger partial charge in [-0.1, -0.05) is 31.2 Å². The molecule has 0 radical (unpaired) electrons. The van der Waals surface area contributed by atoms with Crippen LogP contribution >= 0.6 is 0 Å². The van der Waals surface area contributed by atoms with E-state index < -0.39 is 0 Å². The van der Waals surface area contributed by atoms with E-state index in [1.165, 1.54) is 11.1 Å². The summed E-state index contributed by atoms with van der Waals surface area (Å²) in [6.45, 7) is 4.65. The fraction of sp³-hybridized carbons (Fsp3) is 0.500. The Labute approximate surface area is 85.8 Å². The van der Waals surface area contributed by atoms with Gasteiger partial charge in [-0.05, 0) is 24.5 Å². The molecule has 0 saturated heterocycles. The second-order valence-electron chi connectivity index (χ2n) is 3.28. The van der Waals surface area contributed by atoms with E-state index in [0.717, 1.165) is 6.42 Å². The van der Waals surface area contributed by atoms with Crippen LogP contribution in [0.15, 0.2) is 24.3 Å². The van der Waals surface area contributed by atoms with Crippen LogP contribution in [-0.4, -0.2) is 13.4 Å². The molecule has 0 spiro atoms. The monoisotopic (exact) mass is 194 g/mol. The fourth-order valence-corrected chi connectivity index (χ4v) is 1.15. The van der Waals surface area contributed by atoms with E-state index in [1.54, 1.807) is 7.11 Å². The molecule has 1 unspecified atom stereocenters. The summed E-state index contributed by atoms with van der Waals surface area (Å²) in [7, 11) is 1.64. The van der Waals surface area contributed by atoms with Gasteiger partial charge in [0.2, 0.25) is 0 Å². The molecule has 2 heteroatoms. The lowest BCUT2D eigenvalue weighted by atomic mass is 10.1. The molecular formula is C12H18O2. The molecule has 0 aliphatic heterocycles. The van der Waals surface area contributed by atoms with E-state index in [4.69, 9.17) is 9.47 Å². The average Bonchev–Trinajstić information content (AvgIpc) is 2.26. The summed E-state index contributed by atoms with van der Waals surface area (Å²) in [5.41, 5.74) is 2.54. The summed E-state index contributed by atoms with van der Waals surface area (Å²) in [4.78, 5) is 0. The first-order valence-electron chi connectivity index (χ1n) is 4.98. The first kappa shape index (κ1) is 11.2. The highest BCUT2D eigenvalue weighted by Crippen LogP contribution is 2.07. The van der Waals surface area contributed by atoms with Crippen LogP contribution in [0.25, 0.3) is 0 Å². The summed E-state index contributed by atoms with van der Waals surface area (Å²) in [5.74, 6) is 0. The van der Waals surface area contributed by atoms with Crippen LogP contribution in [0, 0.1) is 0 Å². The van der Waals surface area contributed by atoms with Crippen molar-refractivity contribution >= 4 is 0 Å². The van der Waals surface area contributed by atoms with Crippen LogP contribution in [0.3, 0.4) is 0 Å². The third kappa shape index (κ3) is 3.48. The Hall–Kier alpha value is -0.860. The van der Waals surface area contributed by atoms with Crippen molar-refractivity contribution in [3.63, 3.8) is 0 Å². The van der Waals surface area contributed by atoms with Crippen molar-refractivity contribution in [2.75, 3.05) is 7.11 Å². The van der Waals surface area contributed by atoms with Gasteiger partial charge in [-0.25, -0.2) is 0 Å². The van der Waals surface area contributed by atoms with Gasteiger partial charge in [-0.15, -0.1) is 0 Å². The molecule has 0 N–H and O–H groups in total. The Bertz CT molecular complexity index is 254. The summed E-state index contributed by atoms with van der Waals surface area (Å²) < 4.78 is 10.4. The smallest absolute Gasteiger partial charge is 0.154 e. The molecule has 0 aliphatic rings. The van der Waals surface area contributed by atoms with Gasteiger partial charge in [0.25, 0.3) is 0 Å². The largest absolute Gasteiger partial charge is 0.356 e. The number of hydrogen-bond acceptors (Lipinski definition) is 2. The number of hydrogen-bond donors (Lipinski definition) is 0. The van der Waals surface area contributed by atoms with E-state index in [1.807, 2.05) is 6.92 Å². The van der Waals surface area contributed by atoms with E-state index in [-0.39, 0.29) is 6.29 Å². The molecule has 14 heavy (non-hydrogen) atoms. The standard InChI is InChI=1S/C12H18O2/c1-4-11-5-7-12(8-6-11)9-14-10(2)13-3/h5-8,10H,4,9H2,1-3H3. The Morgan fingerprint density at radius 1 is 1.14 bits per heavy atom. The molecule has 0 saturated carbocycles. The molecule has 0 aliphatic carbocycles. The zero-order valence-corrected chi connectivity index (χ0v) is 9.12. The number of aryl methyl sites for hydroxylation is 1. The molecule has 1 rings (SSSR count). The summed E-state index contributed by atoms with van der Waals surface area (Å²) in [6.07, 6.45) is 0.941. The van der Waals surface area contributed by atoms with Crippen molar-refractivity contribution in [1.29, 1.82) is 0 Å². The maximum Gasteiger partial charge on any atom is 0.154 e. The van der Waals surface area contributed by atoms with Crippen molar-refractivity contribution < 1.29 is 9.47 Å². The van der Waals surface area contributed by atoms with Crippen molar-refractivity contribution in [3.05, 3.63) is 35.4 Å². The van der Waals surface area contributed by atoms with Gasteiger partial charge in [0.15, 0.2) is 6.29 Å². The summed E-state index contributed by atoms with van der Waals surface area (Å²) in [6, 6.07) is 8.47. The molecule has 0 amide bonds. The lowest BCUT2D eigenvalue weighted by molar-refractivity contribution is -0.118. The molecule has 1 aromatic carbocycles. The molecule has 0 aromatic heterocycles. The number of methoxy groups -OCH3 is 1. The zero-order valence-electron chi connectivity index (χ0n) is 9.12. The maximum atomic E-state index is 5.43.